The van der Waals surface area contributed by atoms with E-state index in [0.29, 0.717) is 6.67 Å². The van der Waals surface area contributed by atoms with E-state index in [2.05, 4.69) is 239 Å². The SMILES string of the molecule is Cc1cc(-n2c3ccccc3c3ccc(Oc4cccc(N5CN(c6cc(C(C)(C)C)cc(C(C)(C)C)c6)c6ccccc65)c4)cc32)ncc1-c1cccc(-c2ccc3c(c2)sc2ccccc23)c1. The van der Waals surface area contributed by atoms with Crippen LogP contribution in [0.2, 0.25) is 0 Å². The molecule has 69 heavy (non-hydrogen) atoms. The lowest BCUT2D eigenvalue weighted by Crippen LogP contribution is -2.25. The van der Waals surface area contributed by atoms with Crippen molar-refractivity contribution in [2.75, 3.05) is 16.5 Å². The number of thiophene rings is 1. The monoisotopic (exact) mass is 914 g/mol. The number of anilines is 4. The predicted molar refractivity (Wildman–Crippen MR) is 293 cm³/mol. The average Bonchev–Trinajstić information content (AvgIpc) is 4.03. The molecule has 4 heterocycles. The van der Waals surface area contributed by atoms with Crippen molar-refractivity contribution in [2.24, 2.45) is 0 Å². The van der Waals surface area contributed by atoms with E-state index in [9.17, 15) is 0 Å². The Balaban J connectivity index is 0.856. The number of hydrogen-bond acceptors (Lipinski definition) is 5. The Morgan fingerprint density at radius 1 is 0.478 bits per heavy atom. The van der Waals surface area contributed by atoms with Crippen LogP contribution in [-0.4, -0.2) is 16.2 Å². The van der Waals surface area contributed by atoms with Crippen LogP contribution in [0.25, 0.3) is 70.0 Å². The Labute approximate surface area is 408 Å². The van der Waals surface area contributed by atoms with E-state index in [0.717, 1.165) is 56.1 Å². The van der Waals surface area contributed by atoms with Gasteiger partial charge in [0.05, 0.1) is 22.4 Å². The molecule has 0 aliphatic carbocycles. The minimum Gasteiger partial charge on any atom is -0.457 e. The minimum atomic E-state index is 0.0173. The summed E-state index contributed by atoms with van der Waals surface area (Å²) in [7, 11) is 0. The van der Waals surface area contributed by atoms with Crippen LogP contribution in [0.5, 0.6) is 11.5 Å². The molecular formula is C63H54N4OS. The van der Waals surface area contributed by atoms with Crippen molar-refractivity contribution in [1.82, 2.24) is 9.55 Å². The third-order valence-electron chi connectivity index (χ3n) is 13.9. The second-order valence-electron chi connectivity index (χ2n) is 20.6. The molecule has 0 bridgehead atoms. The van der Waals surface area contributed by atoms with Gasteiger partial charge in [0.2, 0.25) is 0 Å². The second-order valence-corrected chi connectivity index (χ2v) is 21.7. The first-order valence-corrected chi connectivity index (χ1v) is 24.8. The quantitative estimate of drug-likeness (QED) is 0.160. The van der Waals surface area contributed by atoms with Crippen molar-refractivity contribution in [2.45, 2.75) is 59.3 Å². The Morgan fingerprint density at radius 3 is 1.87 bits per heavy atom. The van der Waals surface area contributed by atoms with Gasteiger partial charge in [-0.3, -0.25) is 4.57 Å². The number of para-hydroxylation sites is 3. The van der Waals surface area contributed by atoms with Crippen LogP contribution >= 0.6 is 11.3 Å². The van der Waals surface area contributed by atoms with E-state index in [1.165, 1.54) is 64.9 Å². The van der Waals surface area contributed by atoms with Crippen molar-refractivity contribution in [3.8, 4) is 39.6 Å². The molecular weight excluding hydrogens is 861 g/mol. The van der Waals surface area contributed by atoms with E-state index >= 15 is 0 Å². The van der Waals surface area contributed by atoms with Crippen molar-refractivity contribution < 1.29 is 4.74 Å². The van der Waals surface area contributed by atoms with Crippen molar-refractivity contribution >= 4 is 76.1 Å². The maximum Gasteiger partial charge on any atom is 0.137 e. The van der Waals surface area contributed by atoms with E-state index in [1.807, 2.05) is 23.6 Å². The molecule has 0 N–H and O–H groups in total. The first-order chi connectivity index (χ1) is 33.3. The van der Waals surface area contributed by atoms with Gasteiger partial charge in [0, 0.05) is 66.2 Å². The number of fused-ring (bicyclic) bond motifs is 7. The largest absolute Gasteiger partial charge is 0.457 e. The molecule has 3 aromatic heterocycles. The molecule has 338 valence electrons. The smallest absolute Gasteiger partial charge is 0.137 e. The number of aromatic nitrogens is 2. The van der Waals surface area contributed by atoms with Gasteiger partial charge in [-0.1, -0.05) is 133 Å². The molecule has 0 spiro atoms. The number of aryl methyl sites for hydroxylation is 1. The van der Waals surface area contributed by atoms with Crippen LogP contribution in [0.1, 0.15) is 58.2 Å². The molecule has 8 aromatic carbocycles. The highest BCUT2D eigenvalue weighted by molar-refractivity contribution is 7.25. The number of ether oxygens (including phenoxy) is 1. The molecule has 11 aromatic rings. The van der Waals surface area contributed by atoms with Gasteiger partial charge in [-0.2, -0.15) is 0 Å². The third-order valence-corrected chi connectivity index (χ3v) is 15.1. The van der Waals surface area contributed by atoms with Crippen molar-refractivity contribution in [1.29, 1.82) is 0 Å². The zero-order valence-corrected chi connectivity index (χ0v) is 41.0. The summed E-state index contributed by atoms with van der Waals surface area (Å²) in [6.45, 7) is 16.7. The molecule has 0 atom stereocenters. The molecule has 12 rings (SSSR count). The van der Waals surface area contributed by atoms with E-state index in [1.54, 1.807) is 0 Å². The Morgan fingerprint density at radius 2 is 1.10 bits per heavy atom. The molecule has 1 aliphatic heterocycles. The molecule has 0 amide bonds. The van der Waals surface area contributed by atoms with Gasteiger partial charge in [-0.25, -0.2) is 4.98 Å². The Hall–Kier alpha value is -7.67. The Bertz CT molecular complexity index is 3780. The number of benzene rings is 8. The summed E-state index contributed by atoms with van der Waals surface area (Å²) < 4.78 is 11.7. The fourth-order valence-electron chi connectivity index (χ4n) is 10.1. The Kier molecular flexibility index (Phi) is 10.0. The van der Waals surface area contributed by atoms with Crippen LogP contribution in [0, 0.1) is 6.92 Å². The minimum absolute atomic E-state index is 0.0173. The first-order valence-electron chi connectivity index (χ1n) is 23.9. The highest BCUT2D eigenvalue weighted by atomic mass is 32.1. The summed E-state index contributed by atoms with van der Waals surface area (Å²) in [4.78, 5) is 10.0. The number of hydrogen-bond donors (Lipinski definition) is 0. The molecule has 1 aliphatic rings. The molecule has 0 fully saturated rings. The highest BCUT2D eigenvalue weighted by Crippen LogP contribution is 2.47. The summed E-state index contributed by atoms with van der Waals surface area (Å²) in [6, 6.07) is 66.0. The number of rotatable bonds is 7. The second kappa shape index (κ2) is 16.2. The lowest BCUT2D eigenvalue weighted by Gasteiger charge is -2.29. The van der Waals surface area contributed by atoms with Gasteiger partial charge < -0.3 is 14.5 Å². The van der Waals surface area contributed by atoms with Crippen LogP contribution in [0.3, 0.4) is 0 Å². The van der Waals surface area contributed by atoms with Gasteiger partial charge in [-0.05, 0) is 130 Å². The molecule has 0 unspecified atom stereocenters. The summed E-state index contributed by atoms with van der Waals surface area (Å²) in [6.07, 6.45) is 2.04. The van der Waals surface area contributed by atoms with Crippen LogP contribution in [0.4, 0.5) is 22.7 Å². The summed E-state index contributed by atoms with van der Waals surface area (Å²) in [5.74, 6) is 2.41. The zero-order valence-electron chi connectivity index (χ0n) is 40.2. The highest BCUT2D eigenvalue weighted by Gasteiger charge is 2.30. The maximum atomic E-state index is 6.79. The van der Waals surface area contributed by atoms with Crippen molar-refractivity contribution in [3.63, 3.8) is 0 Å². The summed E-state index contributed by atoms with van der Waals surface area (Å²) in [5.41, 5.74) is 15.3. The van der Waals surface area contributed by atoms with Gasteiger partial charge in [0.25, 0.3) is 0 Å². The fourth-order valence-corrected chi connectivity index (χ4v) is 11.3. The number of nitrogens with zero attached hydrogens (tertiary/aromatic N) is 4. The lowest BCUT2D eigenvalue weighted by molar-refractivity contribution is 0.483. The molecule has 6 heteroatoms. The lowest BCUT2D eigenvalue weighted by atomic mass is 9.80. The van der Waals surface area contributed by atoms with Crippen LogP contribution in [-0.2, 0) is 10.8 Å². The third kappa shape index (κ3) is 7.60. The normalized spacial score (nSPS) is 13.0. The van der Waals surface area contributed by atoms with Gasteiger partial charge in [0.15, 0.2) is 0 Å². The van der Waals surface area contributed by atoms with Gasteiger partial charge in [-0.15, -0.1) is 11.3 Å². The predicted octanol–water partition coefficient (Wildman–Crippen LogP) is 17.8. The van der Waals surface area contributed by atoms with Gasteiger partial charge >= 0.3 is 0 Å². The molecule has 0 radical (unpaired) electrons. The summed E-state index contributed by atoms with van der Waals surface area (Å²) >= 11 is 1.86. The van der Waals surface area contributed by atoms with Crippen LogP contribution < -0.4 is 14.5 Å². The van der Waals surface area contributed by atoms with E-state index < -0.39 is 0 Å². The van der Waals surface area contributed by atoms with Crippen LogP contribution in [0.15, 0.2) is 188 Å². The van der Waals surface area contributed by atoms with E-state index in [4.69, 9.17) is 9.72 Å². The molecule has 5 nitrogen and oxygen atoms in total. The fraction of sp³-hybridized carbons (Fsp3) is 0.159. The zero-order chi connectivity index (χ0) is 47.2. The van der Waals surface area contributed by atoms with Crippen molar-refractivity contribution in [3.05, 3.63) is 205 Å². The van der Waals surface area contributed by atoms with Gasteiger partial charge in [0.1, 0.15) is 24.0 Å². The number of pyridine rings is 1. The first kappa shape index (κ1) is 42.7. The standard InChI is InChI=1S/C63H54N4OS/c1-40-30-61(64-38-54(40)43-17-14-16-41(31-43)42-26-28-53-52-21-9-13-25-59(52)69-60(53)32-42)67-55-22-10-8-20-50(55)51-29-27-49(37-58(51)67)68-48-19-15-18-46(36-48)65-39-66(57-24-12-11-23-56(57)65)47-34-44(62(2,3)4)33-45(35-47)63(5,6)7/h8-38H,39H2,1-7H3. The topological polar surface area (TPSA) is 33.5 Å². The van der Waals surface area contributed by atoms with E-state index in [-0.39, 0.29) is 10.8 Å². The average molecular weight is 915 g/mol. The maximum absolute atomic E-state index is 6.79. The molecule has 0 saturated carbocycles. The summed E-state index contributed by atoms with van der Waals surface area (Å²) in [5, 5.41) is 4.96. The molecule has 0 saturated heterocycles.